The standard InChI is InChI=1S/C22H22FN5O3/c23-15-4-5-18-17(11-15)14(12-25-18)8-10-28-21(30)19(27-22(28)31)6-7-20(29)26-13-16-3-1-2-9-24-16/h1-5,9,11-12,19,25H,6-8,10,13H2,(H,26,29)(H,27,31). The first-order valence-electron chi connectivity index (χ1n) is 10.1. The summed E-state index contributed by atoms with van der Waals surface area (Å²) in [6.45, 7) is 0.485. The molecule has 4 rings (SSSR count). The molecule has 1 aliphatic rings. The van der Waals surface area contributed by atoms with Crippen molar-refractivity contribution in [3.8, 4) is 0 Å². The molecule has 0 radical (unpaired) electrons. The number of imide groups is 1. The Labute approximate surface area is 177 Å². The molecule has 3 N–H and O–H groups in total. The number of nitrogens with one attached hydrogen (secondary N) is 3. The zero-order chi connectivity index (χ0) is 21.8. The molecule has 3 heterocycles. The van der Waals surface area contributed by atoms with Gasteiger partial charge in [0, 0.05) is 36.3 Å². The van der Waals surface area contributed by atoms with Crippen molar-refractivity contribution in [1.29, 1.82) is 0 Å². The van der Waals surface area contributed by atoms with Crippen LogP contribution in [0.1, 0.15) is 24.1 Å². The number of carbonyl (C=O) groups excluding carboxylic acids is 3. The first-order valence-corrected chi connectivity index (χ1v) is 10.1. The lowest BCUT2D eigenvalue weighted by Gasteiger charge is -2.12. The second-order valence-corrected chi connectivity index (χ2v) is 7.38. The number of pyridine rings is 1. The molecule has 31 heavy (non-hydrogen) atoms. The molecule has 8 nitrogen and oxygen atoms in total. The highest BCUT2D eigenvalue weighted by molar-refractivity contribution is 6.04. The number of aromatic amines is 1. The Morgan fingerprint density at radius 2 is 2.10 bits per heavy atom. The lowest BCUT2D eigenvalue weighted by Crippen LogP contribution is -2.34. The van der Waals surface area contributed by atoms with Crippen molar-refractivity contribution in [3.05, 3.63) is 65.9 Å². The van der Waals surface area contributed by atoms with Crippen molar-refractivity contribution in [1.82, 2.24) is 25.5 Å². The highest BCUT2D eigenvalue weighted by Gasteiger charge is 2.37. The normalized spacial score (nSPS) is 16.0. The van der Waals surface area contributed by atoms with Gasteiger partial charge in [-0.3, -0.25) is 19.5 Å². The minimum atomic E-state index is -0.728. The van der Waals surface area contributed by atoms with E-state index in [2.05, 4.69) is 20.6 Å². The minimum absolute atomic E-state index is 0.110. The number of benzene rings is 1. The topological polar surface area (TPSA) is 107 Å². The number of fused-ring (bicyclic) bond motifs is 1. The number of amides is 4. The number of urea groups is 1. The average Bonchev–Trinajstić information content (AvgIpc) is 3.29. The smallest absolute Gasteiger partial charge is 0.324 e. The molecule has 0 spiro atoms. The molecule has 1 unspecified atom stereocenters. The van der Waals surface area contributed by atoms with Crippen molar-refractivity contribution in [2.45, 2.75) is 31.8 Å². The molecule has 3 aromatic rings. The summed E-state index contributed by atoms with van der Waals surface area (Å²) in [5.74, 6) is -0.912. The number of nitrogens with zero attached hydrogens (tertiary/aromatic N) is 2. The van der Waals surface area contributed by atoms with Crippen LogP contribution in [0.4, 0.5) is 9.18 Å². The van der Waals surface area contributed by atoms with Crippen LogP contribution in [0.2, 0.25) is 0 Å². The van der Waals surface area contributed by atoms with Crippen molar-refractivity contribution in [3.63, 3.8) is 0 Å². The van der Waals surface area contributed by atoms with E-state index < -0.39 is 12.1 Å². The van der Waals surface area contributed by atoms with Gasteiger partial charge in [0.25, 0.3) is 5.91 Å². The van der Waals surface area contributed by atoms with E-state index >= 15 is 0 Å². The van der Waals surface area contributed by atoms with E-state index in [-0.39, 0.29) is 37.0 Å². The largest absolute Gasteiger partial charge is 0.361 e. The van der Waals surface area contributed by atoms with Gasteiger partial charge in [-0.2, -0.15) is 0 Å². The third kappa shape index (κ3) is 4.71. The second-order valence-electron chi connectivity index (χ2n) is 7.38. The maximum Gasteiger partial charge on any atom is 0.324 e. The average molecular weight is 423 g/mol. The van der Waals surface area contributed by atoms with Gasteiger partial charge >= 0.3 is 6.03 Å². The van der Waals surface area contributed by atoms with Gasteiger partial charge < -0.3 is 15.6 Å². The van der Waals surface area contributed by atoms with Crippen LogP contribution in [0.15, 0.2) is 48.8 Å². The van der Waals surface area contributed by atoms with Crippen molar-refractivity contribution >= 4 is 28.7 Å². The Morgan fingerprint density at radius 3 is 2.90 bits per heavy atom. The molecule has 2 aromatic heterocycles. The van der Waals surface area contributed by atoms with Crippen LogP contribution in [-0.2, 0) is 22.6 Å². The molecular formula is C22H22FN5O3. The fourth-order valence-corrected chi connectivity index (χ4v) is 3.63. The molecular weight excluding hydrogens is 401 g/mol. The maximum absolute atomic E-state index is 13.5. The Balaban J connectivity index is 1.28. The van der Waals surface area contributed by atoms with E-state index in [4.69, 9.17) is 0 Å². The van der Waals surface area contributed by atoms with E-state index in [9.17, 15) is 18.8 Å². The van der Waals surface area contributed by atoms with Crippen molar-refractivity contribution < 1.29 is 18.8 Å². The first kappa shape index (κ1) is 20.5. The Morgan fingerprint density at radius 1 is 1.23 bits per heavy atom. The number of halogens is 1. The van der Waals surface area contributed by atoms with Crippen LogP contribution in [0.3, 0.4) is 0 Å². The SMILES string of the molecule is O=C(CCC1NC(=O)N(CCc2c[nH]c3ccc(F)cc23)C1=O)NCc1ccccn1. The Kier molecular flexibility index (Phi) is 5.92. The predicted molar refractivity (Wildman–Crippen MR) is 111 cm³/mol. The lowest BCUT2D eigenvalue weighted by molar-refractivity contribution is -0.127. The third-order valence-electron chi connectivity index (χ3n) is 5.29. The summed E-state index contributed by atoms with van der Waals surface area (Å²) in [7, 11) is 0. The number of aromatic nitrogens is 2. The number of H-pyrrole nitrogens is 1. The minimum Gasteiger partial charge on any atom is -0.361 e. The summed E-state index contributed by atoms with van der Waals surface area (Å²) in [6.07, 6.45) is 4.13. The van der Waals surface area contributed by atoms with Crippen LogP contribution >= 0.6 is 0 Å². The highest BCUT2D eigenvalue weighted by Crippen LogP contribution is 2.21. The van der Waals surface area contributed by atoms with Gasteiger partial charge in [0.05, 0.1) is 12.2 Å². The molecule has 160 valence electrons. The highest BCUT2D eigenvalue weighted by atomic mass is 19.1. The van der Waals surface area contributed by atoms with E-state index in [0.717, 1.165) is 27.1 Å². The van der Waals surface area contributed by atoms with Gasteiger partial charge in [0.15, 0.2) is 0 Å². The fraction of sp³-hybridized carbons (Fsp3) is 0.273. The van der Waals surface area contributed by atoms with Gasteiger partial charge in [0.2, 0.25) is 5.91 Å². The van der Waals surface area contributed by atoms with E-state index in [1.807, 2.05) is 6.07 Å². The van der Waals surface area contributed by atoms with Crippen molar-refractivity contribution in [2.24, 2.45) is 0 Å². The Hall–Kier alpha value is -3.75. The number of hydrogen-bond acceptors (Lipinski definition) is 4. The van der Waals surface area contributed by atoms with Crippen LogP contribution in [0.25, 0.3) is 10.9 Å². The van der Waals surface area contributed by atoms with Crippen LogP contribution in [0.5, 0.6) is 0 Å². The monoisotopic (exact) mass is 423 g/mol. The molecule has 9 heteroatoms. The molecule has 1 aromatic carbocycles. The quantitative estimate of drug-likeness (QED) is 0.483. The van der Waals surface area contributed by atoms with E-state index in [1.54, 1.807) is 30.6 Å². The summed E-state index contributed by atoms with van der Waals surface area (Å²) in [4.78, 5) is 45.3. The zero-order valence-electron chi connectivity index (χ0n) is 16.7. The molecule has 4 amide bonds. The van der Waals surface area contributed by atoms with Gasteiger partial charge in [-0.15, -0.1) is 0 Å². The zero-order valence-corrected chi connectivity index (χ0v) is 16.7. The first-order chi connectivity index (χ1) is 15.0. The van der Waals surface area contributed by atoms with Gasteiger partial charge in [-0.05, 0) is 48.7 Å². The maximum atomic E-state index is 13.5. The molecule has 1 atom stereocenters. The summed E-state index contributed by atoms with van der Waals surface area (Å²) >= 11 is 0. The molecule has 1 saturated heterocycles. The molecule has 1 fully saturated rings. The number of carbonyl (C=O) groups is 3. The lowest BCUT2D eigenvalue weighted by atomic mass is 10.1. The predicted octanol–water partition coefficient (Wildman–Crippen LogP) is 2.26. The van der Waals surface area contributed by atoms with Crippen molar-refractivity contribution in [2.75, 3.05) is 6.54 Å². The summed E-state index contributed by atoms with van der Waals surface area (Å²) in [6, 6.07) is 8.68. The summed E-state index contributed by atoms with van der Waals surface area (Å²) in [5, 5.41) is 6.12. The van der Waals surface area contributed by atoms with Gasteiger partial charge in [-0.25, -0.2) is 9.18 Å². The number of rotatable bonds is 8. The van der Waals surface area contributed by atoms with Gasteiger partial charge in [-0.1, -0.05) is 6.07 Å². The Bertz CT molecular complexity index is 1110. The molecule has 0 bridgehead atoms. The molecule has 0 aliphatic carbocycles. The molecule has 0 saturated carbocycles. The van der Waals surface area contributed by atoms with E-state index in [1.165, 1.54) is 12.1 Å². The second kappa shape index (κ2) is 8.95. The summed E-state index contributed by atoms with van der Waals surface area (Å²) in [5.41, 5.74) is 2.36. The van der Waals surface area contributed by atoms with Gasteiger partial charge in [0.1, 0.15) is 11.9 Å². The number of hydrogen-bond donors (Lipinski definition) is 3. The molecule has 1 aliphatic heterocycles. The van der Waals surface area contributed by atoms with Crippen LogP contribution < -0.4 is 10.6 Å². The summed E-state index contributed by atoms with van der Waals surface area (Å²) < 4.78 is 13.5. The van der Waals surface area contributed by atoms with Crippen LogP contribution in [0, 0.1) is 5.82 Å². The van der Waals surface area contributed by atoms with Crippen LogP contribution in [-0.4, -0.2) is 45.3 Å². The van der Waals surface area contributed by atoms with E-state index in [0.29, 0.717) is 13.0 Å². The fourth-order valence-electron chi connectivity index (χ4n) is 3.63. The third-order valence-corrected chi connectivity index (χ3v) is 5.29.